The number of nitrogens with one attached hydrogen (secondary N) is 1. The second-order valence-corrected chi connectivity index (χ2v) is 8.93. The quantitative estimate of drug-likeness (QED) is 0.426. The van der Waals surface area contributed by atoms with Gasteiger partial charge >= 0.3 is 5.97 Å². The van der Waals surface area contributed by atoms with Crippen molar-refractivity contribution in [2.24, 2.45) is 0 Å². The molecule has 168 valence electrons. The summed E-state index contributed by atoms with van der Waals surface area (Å²) < 4.78 is 1.25. The van der Waals surface area contributed by atoms with Crippen molar-refractivity contribution in [1.82, 2.24) is 9.55 Å². The van der Waals surface area contributed by atoms with Gasteiger partial charge in [-0.25, -0.2) is 9.78 Å². The van der Waals surface area contributed by atoms with Crippen LogP contribution in [0.2, 0.25) is 0 Å². The first-order chi connectivity index (χ1) is 15.8. The van der Waals surface area contributed by atoms with Gasteiger partial charge in [-0.2, -0.15) is 0 Å². The number of fused-ring (bicyclic) bond motifs is 1. The van der Waals surface area contributed by atoms with Crippen molar-refractivity contribution in [1.29, 1.82) is 0 Å². The fourth-order valence-electron chi connectivity index (χ4n) is 3.80. The van der Waals surface area contributed by atoms with Crippen molar-refractivity contribution in [2.45, 2.75) is 33.2 Å². The second kappa shape index (κ2) is 8.99. The number of benzene rings is 2. The lowest BCUT2D eigenvalue weighted by atomic mass is 9.98. The molecule has 2 aromatic heterocycles. The average molecular weight is 462 g/mol. The summed E-state index contributed by atoms with van der Waals surface area (Å²) in [6, 6.07) is 14.9. The lowest BCUT2D eigenvalue weighted by Gasteiger charge is -2.18. The maximum absolute atomic E-state index is 13.4. The number of carboxylic acid groups (broad SMARTS) is 1. The van der Waals surface area contributed by atoms with E-state index in [1.165, 1.54) is 9.95 Å². The summed E-state index contributed by atoms with van der Waals surface area (Å²) in [6.45, 7) is 5.71. The molecule has 0 spiro atoms. The molecule has 0 aliphatic heterocycles. The molecule has 2 N–H and O–H groups in total. The molecule has 0 aliphatic carbocycles. The van der Waals surface area contributed by atoms with Crippen LogP contribution in [0.15, 0.2) is 58.7 Å². The molecule has 0 radical (unpaired) electrons. The van der Waals surface area contributed by atoms with Gasteiger partial charge in [-0.15, -0.1) is 11.3 Å². The van der Waals surface area contributed by atoms with Crippen LogP contribution >= 0.6 is 11.3 Å². The molecule has 4 aromatic rings. The average Bonchev–Trinajstić information content (AvgIpc) is 3.22. The highest BCUT2D eigenvalue weighted by Crippen LogP contribution is 2.28. The molecular formula is C25H23N3O4S. The third-order valence-corrected chi connectivity index (χ3v) is 6.32. The molecule has 0 saturated heterocycles. The van der Waals surface area contributed by atoms with Gasteiger partial charge in [0.1, 0.15) is 17.2 Å². The summed E-state index contributed by atoms with van der Waals surface area (Å²) >= 11 is 1.10. The molecule has 4 rings (SSSR count). The number of hydrogen-bond donors (Lipinski definition) is 2. The van der Waals surface area contributed by atoms with Gasteiger partial charge in [0.25, 0.3) is 5.56 Å². The monoisotopic (exact) mass is 461 g/mol. The standard InChI is InChI=1S/C25H23N3O4S/c1-14(2)17-11-7-8-15(3)21(17)26-19(29)12-28-22(16-9-5-4-6-10-16)27-23-20(24(28)30)18(13-33-23)25(31)32/h4-11,13-14H,12H2,1-3H3,(H,26,29)(H,31,32). The van der Waals surface area contributed by atoms with Gasteiger partial charge in [-0.1, -0.05) is 62.4 Å². The first kappa shape index (κ1) is 22.4. The number of nitrogens with zero attached hydrogens (tertiary/aromatic N) is 2. The van der Waals surface area contributed by atoms with Crippen LogP contribution in [0.4, 0.5) is 5.69 Å². The molecule has 8 heteroatoms. The van der Waals surface area contributed by atoms with Crippen LogP contribution in [0.3, 0.4) is 0 Å². The number of carbonyl (C=O) groups is 2. The van der Waals surface area contributed by atoms with E-state index in [1.807, 2.05) is 57.2 Å². The number of anilines is 1. The largest absolute Gasteiger partial charge is 0.478 e. The summed E-state index contributed by atoms with van der Waals surface area (Å²) in [5, 5.41) is 13.9. The Kier molecular flexibility index (Phi) is 6.11. The molecule has 2 aromatic carbocycles. The minimum absolute atomic E-state index is 0.0127. The van der Waals surface area contributed by atoms with E-state index in [2.05, 4.69) is 10.3 Å². The molecule has 1 amide bonds. The molecule has 33 heavy (non-hydrogen) atoms. The van der Waals surface area contributed by atoms with Crippen LogP contribution in [0, 0.1) is 6.92 Å². The van der Waals surface area contributed by atoms with Crippen molar-refractivity contribution in [2.75, 3.05) is 5.32 Å². The maximum atomic E-state index is 13.4. The van der Waals surface area contributed by atoms with Gasteiger partial charge in [-0.3, -0.25) is 14.2 Å². The number of thiophene rings is 1. The zero-order chi connectivity index (χ0) is 23.7. The minimum Gasteiger partial charge on any atom is -0.478 e. The van der Waals surface area contributed by atoms with Gasteiger partial charge < -0.3 is 10.4 Å². The summed E-state index contributed by atoms with van der Waals surface area (Å²) in [5.74, 6) is -1.08. The van der Waals surface area contributed by atoms with E-state index in [4.69, 9.17) is 0 Å². The SMILES string of the molecule is Cc1cccc(C(C)C)c1NC(=O)Cn1c(-c2ccccc2)nc2scc(C(=O)O)c2c1=O. The highest BCUT2D eigenvalue weighted by molar-refractivity contribution is 7.17. The fourth-order valence-corrected chi connectivity index (χ4v) is 4.70. The number of carbonyl (C=O) groups excluding carboxylic acids is 1. The van der Waals surface area contributed by atoms with E-state index in [9.17, 15) is 19.5 Å². The molecule has 0 atom stereocenters. The zero-order valence-electron chi connectivity index (χ0n) is 18.5. The number of rotatable bonds is 6. The lowest BCUT2D eigenvalue weighted by molar-refractivity contribution is -0.116. The van der Waals surface area contributed by atoms with Crippen molar-refractivity contribution in [3.8, 4) is 11.4 Å². The summed E-state index contributed by atoms with van der Waals surface area (Å²) in [5.41, 5.74) is 2.64. The lowest BCUT2D eigenvalue weighted by Crippen LogP contribution is -2.30. The first-order valence-electron chi connectivity index (χ1n) is 10.5. The molecule has 7 nitrogen and oxygen atoms in total. The van der Waals surface area contributed by atoms with Crippen LogP contribution in [-0.4, -0.2) is 26.5 Å². The molecule has 0 bridgehead atoms. The second-order valence-electron chi connectivity index (χ2n) is 8.07. The molecule has 0 saturated carbocycles. The van der Waals surface area contributed by atoms with Crippen molar-refractivity contribution in [3.05, 3.63) is 81.0 Å². The predicted octanol–water partition coefficient (Wildman–Crippen LogP) is 4.89. The highest BCUT2D eigenvalue weighted by atomic mass is 32.1. The predicted molar refractivity (Wildman–Crippen MR) is 130 cm³/mol. The fraction of sp³-hybridized carbons (Fsp3) is 0.200. The van der Waals surface area contributed by atoms with Crippen LogP contribution < -0.4 is 10.9 Å². The number of hydrogen-bond acceptors (Lipinski definition) is 5. The molecular weight excluding hydrogens is 438 g/mol. The van der Waals surface area contributed by atoms with Crippen molar-refractivity contribution >= 4 is 39.1 Å². The zero-order valence-corrected chi connectivity index (χ0v) is 19.3. The van der Waals surface area contributed by atoms with Crippen LogP contribution in [-0.2, 0) is 11.3 Å². The minimum atomic E-state index is -1.20. The van der Waals surface area contributed by atoms with E-state index in [-0.39, 0.29) is 23.4 Å². The van der Waals surface area contributed by atoms with Gasteiger partial charge in [0.15, 0.2) is 0 Å². The Morgan fingerprint density at radius 2 is 1.85 bits per heavy atom. The van der Waals surface area contributed by atoms with Crippen molar-refractivity contribution < 1.29 is 14.7 Å². The number of aryl methyl sites for hydroxylation is 1. The Morgan fingerprint density at radius 3 is 2.52 bits per heavy atom. The van der Waals surface area contributed by atoms with E-state index < -0.39 is 17.4 Å². The smallest absolute Gasteiger partial charge is 0.337 e. The van der Waals surface area contributed by atoms with Gasteiger partial charge in [0, 0.05) is 16.6 Å². The molecule has 0 fully saturated rings. The highest BCUT2D eigenvalue weighted by Gasteiger charge is 2.22. The normalized spacial score (nSPS) is 11.2. The van der Waals surface area contributed by atoms with Crippen LogP contribution in [0.25, 0.3) is 21.6 Å². The Balaban J connectivity index is 1.82. The molecule has 0 unspecified atom stereocenters. The number of aromatic carboxylic acids is 1. The van der Waals surface area contributed by atoms with Crippen molar-refractivity contribution in [3.63, 3.8) is 0 Å². The number of aromatic nitrogens is 2. The Labute approximate surface area is 194 Å². The third kappa shape index (κ3) is 4.29. The Morgan fingerprint density at radius 1 is 1.12 bits per heavy atom. The van der Waals surface area contributed by atoms with Gasteiger partial charge in [-0.05, 0) is 24.0 Å². The van der Waals surface area contributed by atoms with Gasteiger partial charge in [0.05, 0.1) is 10.9 Å². The third-order valence-electron chi connectivity index (χ3n) is 5.45. The topological polar surface area (TPSA) is 101 Å². The number of para-hydroxylation sites is 1. The molecule has 2 heterocycles. The Hall–Kier alpha value is -3.78. The molecule has 0 aliphatic rings. The maximum Gasteiger partial charge on any atom is 0.337 e. The van der Waals surface area contributed by atoms with E-state index in [1.54, 1.807) is 12.1 Å². The number of amides is 1. The Bertz CT molecular complexity index is 1420. The number of carboxylic acids is 1. The van der Waals surface area contributed by atoms with E-state index >= 15 is 0 Å². The van der Waals surface area contributed by atoms with Crippen LogP contribution in [0.1, 0.15) is 41.3 Å². The first-order valence-corrected chi connectivity index (χ1v) is 11.4. The summed E-state index contributed by atoms with van der Waals surface area (Å²) in [4.78, 5) is 43.1. The summed E-state index contributed by atoms with van der Waals surface area (Å²) in [6.07, 6.45) is 0. The summed E-state index contributed by atoms with van der Waals surface area (Å²) in [7, 11) is 0. The van der Waals surface area contributed by atoms with Crippen LogP contribution in [0.5, 0.6) is 0 Å². The van der Waals surface area contributed by atoms with E-state index in [0.29, 0.717) is 16.2 Å². The van der Waals surface area contributed by atoms with Gasteiger partial charge in [0.2, 0.25) is 5.91 Å². The van der Waals surface area contributed by atoms with E-state index in [0.717, 1.165) is 28.2 Å².